The molecule has 1 unspecified atom stereocenters. The summed E-state index contributed by atoms with van der Waals surface area (Å²) in [7, 11) is 0. The van der Waals surface area contributed by atoms with Crippen LogP contribution in [0.5, 0.6) is 0 Å². The first-order valence-electron chi connectivity index (χ1n) is 13.2. The van der Waals surface area contributed by atoms with Crippen LogP contribution in [-0.4, -0.2) is 32.2 Å². The summed E-state index contributed by atoms with van der Waals surface area (Å²) < 4.78 is 94.8. The van der Waals surface area contributed by atoms with Crippen LogP contribution in [0.4, 0.5) is 10.2 Å². The SMILES string of the molecule is [2H]C1([2H])CN2c3ccn4ncc(c4n3)C(=C)N[C@H](C)C([2H])([2H])C([2H])([2H])c3ncc(F)cc3C2([2H])C1([2H])[2H]. The van der Waals surface area contributed by atoms with Gasteiger partial charge >= 0.3 is 0 Å². The minimum Gasteiger partial charge on any atom is -0.382 e. The van der Waals surface area contributed by atoms with Gasteiger partial charge in [0, 0.05) is 41.1 Å². The summed E-state index contributed by atoms with van der Waals surface area (Å²) in [5.41, 5.74) is -0.635. The zero-order valence-electron chi connectivity index (χ0n) is 24.0. The Labute approximate surface area is 175 Å². The van der Waals surface area contributed by atoms with Crippen LogP contribution in [0.15, 0.2) is 37.3 Å². The van der Waals surface area contributed by atoms with Gasteiger partial charge in [-0.25, -0.2) is 13.9 Å². The first kappa shape index (κ1) is 10.0. The molecule has 1 N–H and O–H groups in total. The van der Waals surface area contributed by atoms with E-state index in [-0.39, 0.29) is 17.2 Å². The van der Waals surface area contributed by atoms with Gasteiger partial charge in [-0.2, -0.15) is 5.10 Å². The van der Waals surface area contributed by atoms with Crippen molar-refractivity contribution in [2.24, 2.45) is 0 Å². The lowest BCUT2D eigenvalue weighted by atomic mass is 9.98. The van der Waals surface area contributed by atoms with E-state index in [1.807, 2.05) is 0 Å². The Bertz CT molecular complexity index is 1440. The van der Waals surface area contributed by atoms with Crippen LogP contribution < -0.4 is 10.2 Å². The van der Waals surface area contributed by atoms with Crippen LogP contribution in [0.25, 0.3) is 11.3 Å². The Morgan fingerprint density at radius 3 is 3.18 bits per heavy atom. The predicted octanol–water partition coefficient (Wildman–Crippen LogP) is 3.50. The molecule has 2 aliphatic heterocycles. The van der Waals surface area contributed by atoms with E-state index < -0.39 is 61.2 Å². The number of halogens is 1. The molecule has 0 aromatic carbocycles. The zero-order valence-corrected chi connectivity index (χ0v) is 15.0. The number of aromatic nitrogens is 4. The summed E-state index contributed by atoms with van der Waals surface area (Å²) in [4.78, 5) is 9.34. The average molecular weight is 388 g/mol. The molecular formula is C21H23FN6. The van der Waals surface area contributed by atoms with Crippen LogP contribution in [0.1, 0.15) is 61.2 Å². The van der Waals surface area contributed by atoms with E-state index in [9.17, 15) is 5.76 Å². The molecule has 0 aliphatic carbocycles. The van der Waals surface area contributed by atoms with Crippen molar-refractivity contribution >= 4 is 17.2 Å². The number of hydrogen-bond acceptors (Lipinski definition) is 5. The molecule has 144 valence electrons. The van der Waals surface area contributed by atoms with Crippen molar-refractivity contribution in [3.63, 3.8) is 0 Å². The first-order chi connectivity index (χ1) is 17.0. The summed E-state index contributed by atoms with van der Waals surface area (Å²) in [5.74, 6) is -1.07. The van der Waals surface area contributed by atoms with E-state index in [4.69, 9.17) is 11.0 Å². The quantitative estimate of drug-likeness (QED) is 0.640. The fourth-order valence-electron chi connectivity index (χ4n) is 3.25. The van der Waals surface area contributed by atoms with Crippen LogP contribution in [0.2, 0.25) is 0 Å². The molecule has 6 nitrogen and oxygen atoms in total. The second-order valence-electron chi connectivity index (χ2n) is 6.51. The minimum absolute atomic E-state index is 0.0478. The third-order valence-electron chi connectivity index (χ3n) is 4.58. The van der Waals surface area contributed by atoms with Crippen molar-refractivity contribution in [2.75, 3.05) is 11.4 Å². The van der Waals surface area contributed by atoms with Gasteiger partial charge in [-0.1, -0.05) is 6.58 Å². The second kappa shape index (κ2) is 6.58. The van der Waals surface area contributed by atoms with Gasteiger partial charge in [-0.3, -0.25) is 4.98 Å². The summed E-state index contributed by atoms with van der Waals surface area (Å²) in [6.45, 7) is 4.63. The van der Waals surface area contributed by atoms with E-state index in [1.54, 1.807) is 0 Å². The zero-order chi connectivity index (χ0) is 27.3. The molecule has 5 heterocycles. The molecule has 0 amide bonds. The highest BCUT2D eigenvalue weighted by Gasteiger charge is 2.30. The van der Waals surface area contributed by atoms with Crippen molar-refractivity contribution in [2.45, 2.75) is 44.5 Å². The van der Waals surface area contributed by atoms with Crippen LogP contribution in [-0.2, 0) is 6.37 Å². The van der Waals surface area contributed by atoms with E-state index in [0.29, 0.717) is 11.8 Å². The lowest BCUT2D eigenvalue weighted by Crippen LogP contribution is -2.26. The van der Waals surface area contributed by atoms with Crippen molar-refractivity contribution in [1.82, 2.24) is 24.9 Å². The van der Waals surface area contributed by atoms with Crippen molar-refractivity contribution in [3.05, 3.63) is 59.9 Å². The number of hydrogen-bond donors (Lipinski definition) is 1. The van der Waals surface area contributed by atoms with E-state index in [1.165, 1.54) is 29.9 Å². The molecule has 2 bridgehead atoms. The monoisotopic (exact) mass is 387 g/mol. The molecule has 7 heteroatoms. The molecule has 0 spiro atoms. The summed E-state index contributed by atoms with van der Waals surface area (Å²) in [5, 5.41) is 7.04. The van der Waals surface area contributed by atoms with Gasteiger partial charge in [0.15, 0.2) is 5.65 Å². The van der Waals surface area contributed by atoms with Crippen molar-refractivity contribution < 1.29 is 16.7 Å². The predicted molar refractivity (Wildman–Crippen MR) is 106 cm³/mol. The fourth-order valence-corrected chi connectivity index (χ4v) is 3.25. The first-order valence-corrected chi connectivity index (χ1v) is 8.71. The van der Waals surface area contributed by atoms with Crippen LogP contribution in [0.3, 0.4) is 0 Å². The molecule has 28 heavy (non-hydrogen) atoms. The number of nitrogens with one attached hydrogen (secondary N) is 1. The number of pyridine rings is 1. The summed E-state index contributed by atoms with van der Waals surface area (Å²) in [6.07, 6.45) is -7.91. The standard InChI is InChI=1S/C21H23FN6/c1-13-5-6-18-16(10-15(22)11-23-18)19-4-3-8-27(19)20-7-9-28-21(26-20)17(12-24-28)14(2)25-13/h7,9-13,19,25H,2-6,8H2,1H3/t13-,19?/m1/s1/i3D2,4D2,5D2,6D2,19D. The van der Waals surface area contributed by atoms with E-state index >= 15 is 0 Å². The molecule has 3 aromatic heterocycles. The minimum atomic E-state index is -3.04. The largest absolute Gasteiger partial charge is 0.382 e. The highest BCUT2D eigenvalue weighted by Crippen LogP contribution is 2.37. The van der Waals surface area contributed by atoms with E-state index in [2.05, 4.69) is 27.0 Å². The maximum Gasteiger partial charge on any atom is 0.166 e. The fraction of sp³-hybridized carbons (Fsp3) is 0.381. The third kappa shape index (κ3) is 2.82. The Hall–Kier alpha value is -2.96. The Balaban J connectivity index is 1.93. The molecule has 0 radical (unpaired) electrons. The van der Waals surface area contributed by atoms with Gasteiger partial charge in [-0.15, -0.1) is 0 Å². The Kier molecular flexibility index (Phi) is 2.35. The molecule has 0 saturated carbocycles. The lowest BCUT2D eigenvalue weighted by Gasteiger charge is -2.27. The second-order valence-corrected chi connectivity index (χ2v) is 6.51. The number of fused-ring (bicyclic) bond motifs is 5. The lowest BCUT2D eigenvalue weighted by molar-refractivity contribution is 0.575. The normalized spacial score (nSPS) is 36.8. The number of anilines is 1. The molecule has 3 aromatic rings. The summed E-state index contributed by atoms with van der Waals surface area (Å²) in [6, 6.07) is -1.94. The molecule has 1 saturated heterocycles. The molecule has 2 aliphatic rings. The highest BCUT2D eigenvalue weighted by atomic mass is 19.1. The van der Waals surface area contributed by atoms with Gasteiger partial charge in [0.05, 0.1) is 25.3 Å². The van der Waals surface area contributed by atoms with E-state index in [0.717, 1.165) is 11.0 Å². The van der Waals surface area contributed by atoms with Crippen LogP contribution in [0, 0.1) is 5.82 Å². The van der Waals surface area contributed by atoms with Gasteiger partial charge in [-0.05, 0) is 50.1 Å². The molecule has 5 rings (SSSR count). The topological polar surface area (TPSA) is 58.4 Å². The smallest absolute Gasteiger partial charge is 0.166 e. The molecule has 1 fully saturated rings. The van der Waals surface area contributed by atoms with Gasteiger partial charge in [0.2, 0.25) is 0 Å². The Morgan fingerprint density at radius 2 is 2.29 bits per heavy atom. The third-order valence-corrected chi connectivity index (χ3v) is 4.58. The summed E-state index contributed by atoms with van der Waals surface area (Å²) >= 11 is 0. The number of rotatable bonds is 0. The van der Waals surface area contributed by atoms with Crippen molar-refractivity contribution in [3.8, 4) is 0 Å². The van der Waals surface area contributed by atoms with Gasteiger partial charge in [0.1, 0.15) is 11.6 Å². The van der Waals surface area contributed by atoms with Crippen molar-refractivity contribution in [1.29, 1.82) is 0 Å². The van der Waals surface area contributed by atoms with Gasteiger partial charge in [0.25, 0.3) is 0 Å². The van der Waals surface area contributed by atoms with Crippen LogP contribution >= 0.6 is 0 Å². The van der Waals surface area contributed by atoms with Gasteiger partial charge < -0.3 is 10.2 Å². The maximum atomic E-state index is 14.6. The number of nitrogens with zero attached hydrogens (tertiary/aromatic N) is 5. The average Bonchev–Trinajstić information content (AvgIpc) is 3.29. The number of aryl methyl sites for hydroxylation is 1. The molecular weight excluding hydrogens is 355 g/mol. The highest BCUT2D eigenvalue weighted by molar-refractivity contribution is 5.74. The maximum absolute atomic E-state index is 14.6. The Morgan fingerprint density at radius 1 is 1.39 bits per heavy atom. The molecule has 2 atom stereocenters.